The summed E-state index contributed by atoms with van der Waals surface area (Å²) in [5, 5.41) is 6.28. The van der Waals surface area contributed by atoms with E-state index in [4.69, 9.17) is 0 Å². The van der Waals surface area contributed by atoms with Crippen molar-refractivity contribution in [1.29, 1.82) is 0 Å². The summed E-state index contributed by atoms with van der Waals surface area (Å²) in [5.41, 5.74) is 4.88. The van der Waals surface area contributed by atoms with Crippen LogP contribution < -0.4 is 29.1 Å². The first-order valence-electron chi connectivity index (χ1n) is 4.41. The molecule has 2 aromatic rings. The number of aryl methyl sites for hydroxylation is 1. The molecule has 2 nitrogen and oxygen atoms in total. The SMILES string of the molecule is Cc1[nH][nH+]c(-c2ccccc2)c1C.[I-]. The summed E-state index contributed by atoms with van der Waals surface area (Å²) >= 11 is 0. The Morgan fingerprint density at radius 2 is 1.71 bits per heavy atom. The molecular weight excluding hydrogens is 287 g/mol. The van der Waals surface area contributed by atoms with Gasteiger partial charge in [0.1, 0.15) is 0 Å². The standard InChI is InChI=1S/C11H12N2.HI/c1-8-9(2)12-13-11(8)10-6-4-3-5-7-10;/h3-7H,1-2H3,(H,12,13);1H. The molecule has 1 aromatic heterocycles. The van der Waals surface area contributed by atoms with E-state index >= 15 is 0 Å². The van der Waals surface area contributed by atoms with Gasteiger partial charge in [-0.2, -0.15) is 5.10 Å². The highest BCUT2D eigenvalue weighted by Crippen LogP contribution is 2.18. The molecule has 2 rings (SSSR count). The Morgan fingerprint density at radius 3 is 2.21 bits per heavy atom. The normalized spacial score (nSPS) is 9.57. The van der Waals surface area contributed by atoms with Crippen molar-refractivity contribution in [1.82, 2.24) is 5.10 Å². The first kappa shape index (κ1) is 11.2. The molecule has 0 aliphatic carbocycles. The molecule has 0 fully saturated rings. The van der Waals surface area contributed by atoms with Crippen LogP contribution in [0.15, 0.2) is 30.3 Å². The van der Waals surface area contributed by atoms with Gasteiger partial charge in [-0.05, 0) is 26.0 Å². The molecule has 0 unspecified atom stereocenters. The number of halogens is 1. The zero-order valence-electron chi connectivity index (χ0n) is 8.26. The molecule has 0 saturated carbocycles. The van der Waals surface area contributed by atoms with Gasteiger partial charge in [-0.3, -0.25) is 0 Å². The Labute approximate surface area is 101 Å². The number of H-pyrrole nitrogens is 2. The summed E-state index contributed by atoms with van der Waals surface area (Å²) < 4.78 is 0. The molecule has 0 aliphatic rings. The van der Waals surface area contributed by atoms with Crippen molar-refractivity contribution >= 4 is 0 Å². The largest absolute Gasteiger partial charge is 1.00 e. The molecule has 1 aromatic carbocycles. The Kier molecular flexibility index (Phi) is 3.69. The quantitative estimate of drug-likeness (QED) is 0.663. The summed E-state index contributed by atoms with van der Waals surface area (Å²) in [6, 6.07) is 10.3. The summed E-state index contributed by atoms with van der Waals surface area (Å²) in [7, 11) is 0. The highest BCUT2D eigenvalue weighted by molar-refractivity contribution is 5.60. The zero-order chi connectivity index (χ0) is 9.26. The van der Waals surface area contributed by atoms with Crippen molar-refractivity contribution in [2.45, 2.75) is 13.8 Å². The lowest BCUT2D eigenvalue weighted by molar-refractivity contribution is -0.438. The lowest BCUT2D eigenvalue weighted by atomic mass is 10.1. The summed E-state index contributed by atoms with van der Waals surface area (Å²) in [6.07, 6.45) is 0. The highest BCUT2D eigenvalue weighted by Gasteiger charge is 2.12. The molecule has 3 heteroatoms. The van der Waals surface area contributed by atoms with Crippen LogP contribution in [0, 0.1) is 13.8 Å². The topological polar surface area (TPSA) is 29.9 Å². The van der Waals surface area contributed by atoms with Crippen LogP contribution in [-0.4, -0.2) is 5.10 Å². The van der Waals surface area contributed by atoms with Crippen LogP contribution in [0.2, 0.25) is 0 Å². The van der Waals surface area contributed by atoms with Gasteiger partial charge in [0.05, 0.1) is 5.69 Å². The number of hydrogen-bond donors (Lipinski definition) is 1. The molecule has 0 amide bonds. The van der Waals surface area contributed by atoms with Gasteiger partial charge in [0.2, 0.25) is 5.69 Å². The van der Waals surface area contributed by atoms with E-state index in [2.05, 4.69) is 36.2 Å². The number of nitrogens with one attached hydrogen (secondary N) is 2. The lowest BCUT2D eigenvalue weighted by Crippen LogP contribution is -3.00. The highest BCUT2D eigenvalue weighted by atomic mass is 127. The maximum atomic E-state index is 3.16. The summed E-state index contributed by atoms with van der Waals surface area (Å²) in [6.45, 7) is 4.18. The fourth-order valence-electron chi connectivity index (χ4n) is 1.42. The predicted molar refractivity (Wildman–Crippen MR) is 52.3 cm³/mol. The second-order valence-corrected chi connectivity index (χ2v) is 3.24. The minimum atomic E-state index is 0. The van der Waals surface area contributed by atoms with E-state index in [9.17, 15) is 0 Å². The molecule has 0 atom stereocenters. The Bertz CT molecular complexity index is 406. The van der Waals surface area contributed by atoms with E-state index in [0.717, 1.165) is 0 Å². The molecule has 74 valence electrons. The van der Waals surface area contributed by atoms with Crippen LogP contribution in [0.4, 0.5) is 0 Å². The zero-order valence-corrected chi connectivity index (χ0v) is 10.4. The van der Waals surface area contributed by atoms with Crippen LogP contribution in [-0.2, 0) is 0 Å². The van der Waals surface area contributed by atoms with Gasteiger partial charge in [-0.15, -0.1) is 5.10 Å². The number of aromatic amines is 2. The molecule has 2 N–H and O–H groups in total. The van der Waals surface area contributed by atoms with E-state index in [-0.39, 0.29) is 24.0 Å². The molecule has 0 saturated heterocycles. The predicted octanol–water partition coefficient (Wildman–Crippen LogP) is -0.883. The Morgan fingerprint density at radius 1 is 1.07 bits per heavy atom. The minimum Gasteiger partial charge on any atom is -1.00 e. The third-order valence-electron chi connectivity index (χ3n) is 2.37. The van der Waals surface area contributed by atoms with Crippen molar-refractivity contribution in [3.8, 4) is 11.3 Å². The summed E-state index contributed by atoms with van der Waals surface area (Å²) in [4.78, 5) is 0. The average molecular weight is 300 g/mol. The number of aromatic nitrogens is 2. The molecule has 1 heterocycles. The third-order valence-corrected chi connectivity index (χ3v) is 2.37. The van der Waals surface area contributed by atoms with Gasteiger partial charge < -0.3 is 24.0 Å². The first-order valence-corrected chi connectivity index (χ1v) is 4.41. The molecule has 0 radical (unpaired) electrons. The van der Waals surface area contributed by atoms with Crippen LogP contribution in [0.5, 0.6) is 0 Å². The van der Waals surface area contributed by atoms with Gasteiger partial charge in [-0.1, -0.05) is 18.2 Å². The fraction of sp³-hybridized carbons (Fsp3) is 0.182. The number of hydrogen-bond acceptors (Lipinski definition) is 0. The average Bonchev–Trinajstić information content (AvgIpc) is 2.49. The third kappa shape index (κ3) is 1.97. The smallest absolute Gasteiger partial charge is 0.238 e. The second-order valence-electron chi connectivity index (χ2n) is 3.24. The monoisotopic (exact) mass is 300 g/mol. The van der Waals surface area contributed by atoms with Crippen molar-refractivity contribution in [2.75, 3.05) is 0 Å². The first-order chi connectivity index (χ1) is 6.29. The Hall–Kier alpha value is -0.840. The van der Waals surface area contributed by atoms with E-state index in [1.165, 1.54) is 22.5 Å². The van der Waals surface area contributed by atoms with Crippen LogP contribution in [0.3, 0.4) is 0 Å². The van der Waals surface area contributed by atoms with Gasteiger partial charge in [-0.25, -0.2) is 0 Å². The van der Waals surface area contributed by atoms with Gasteiger partial charge in [0.25, 0.3) is 0 Å². The van der Waals surface area contributed by atoms with E-state index in [1.807, 2.05) is 18.2 Å². The molecule has 0 spiro atoms. The Balaban J connectivity index is 0.000000980. The molecule has 0 aliphatic heterocycles. The molecule has 14 heavy (non-hydrogen) atoms. The maximum Gasteiger partial charge on any atom is 0.238 e. The van der Waals surface area contributed by atoms with E-state index < -0.39 is 0 Å². The second kappa shape index (κ2) is 4.59. The maximum absolute atomic E-state index is 3.16. The van der Waals surface area contributed by atoms with Crippen LogP contribution in [0.25, 0.3) is 11.3 Å². The van der Waals surface area contributed by atoms with Crippen molar-refractivity contribution < 1.29 is 29.1 Å². The van der Waals surface area contributed by atoms with Crippen LogP contribution >= 0.6 is 0 Å². The summed E-state index contributed by atoms with van der Waals surface area (Å²) in [5.74, 6) is 0. The van der Waals surface area contributed by atoms with Crippen LogP contribution in [0.1, 0.15) is 11.3 Å². The number of benzene rings is 1. The van der Waals surface area contributed by atoms with Crippen molar-refractivity contribution in [3.63, 3.8) is 0 Å². The minimum absolute atomic E-state index is 0. The number of rotatable bonds is 1. The molecular formula is C11H13IN2. The molecule has 0 bridgehead atoms. The van der Waals surface area contributed by atoms with E-state index in [0.29, 0.717) is 0 Å². The van der Waals surface area contributed by atoms with Gasteiger partial charge >= 0.3 is 0 Å². The lowest BCUT2D eigenvalue weighted by Gasteiger charge is -1.91. The van der Waals surface area contributed by atoms with E-state index in [1.54, 1.807) is 0 Å². The van der Waals surface area contributed by atoms with Gasteiger partial charge in [0, 0.05) is 11.1 Å². The van der Waals surface area contributed by atoms with Crippen molar-refractivity contribution in [2.24, 2.45) is 0 Å². The van der Waals surface area contributed by atoms with Crippen molar-refractivity contribution in [3.05, 3.63) is 41.6 Å². The fourth-order valence-corrected chi connectivity index (χ4v) is 1.42. The van der Waals surface area contributed by atoms with Gasteiger partial charge in [0.15, 0.2) is 0 Å².